The number of carbonyl (C=O) groups is 1. The van der Waals surface area contributed by atoms with Gasteiger partial charge in [-0.1, -0.05) is 54.1 Å². The van der Waals surface area contributed by atoms with Crippen LogP contribution in [0.3, 0.4) is 0 Å². The molecule has 1 N–H and O–H groups in total. The SMILES string of the molecule is O=C(NN=CC(Cl)=Cc1ccccc1)c1ccccc1Br. The molecule has 0 heterocycles. The molecule has 0 saturated heterocycles. The Bertz CT molecular complexity index is 684. The van der Waals surface area contributed by atoms with E-state index in [1.54, 1.807) is 24.3 Å². The van der Waals surface area contributed by atoms with Gasteiger partial charge >= 0.3 is 0 Å². The molecule has 1 amide bonds. The maximum atomic E-state index is 11.9. The van der Waals surface area contributed by atoms with Gasteiger partial charge in [-0.15, -0.1) is 0 Å². The molecule has 3 nitrogen and oxygen atoms in total. The largest absolute Gasteiger partial charge is 0.272 e. The zero-order chi connectivity index (χ0) is 15.1. The van der Waals surface area contributed by atoms with Gasteiger partial charge in [0.15, 0.2) is 0 Å². The highest BCUT2D eigenvalue weighted by molar-refractivity contribution is 9.10. The van der Waals surface area contributed by atoms with Crippen LogP contribution in [0.2, 0.25) is 0 Å². The first-order chi connectivity index (χ1) is 10.2. The van der Waals surface area contributed by atoms with E-state index in [4.69, 9.17) is 11.6 Å². The Kier molecular flexibility index (Phi) is 5.72. The summed E-state index contributed by atoms with van der Waals surface area (Å²) in [6.07, 6.45) is 3.15. The maximum Gasteiger partial charge on any atom is 0.272 e. The smallest absolute Gasteiger partial charge is 0.267 e. The average molecular weight is 364 g/mol. The lowest BCUT2D eigenvalue weighted by Gasteiger charge is -2.01. The van der Waals surface area contributed by atoms with Crippen molar-refractivity contribution in [3.05, 3.63) is 75.2 Å². The second-order valence-electron chi connectivity index (χ2n) is 4.12. The number of rotatable bonds is 4. The maximum absolute atomic E-state index is 11.9. The third kappa shape index (κ3) is 4.85. The monoisotopic (exact) mass is 362 g/mol. The van der Waals surface area contributed by atoms with Crippen LogP contribution in [0.15, 0.2) is 69.2 Å². The molecule has 0 fully saturated rings. The number of carbonyl (C=O) groups excluding carboxylic acids is 1. The number of amides is 1. The minimum atomic E-state index is -0.303. The molecule has 0 aromatic heterocycles. The van der Waals surface area contributed by atoms with Gasteiger partial charge in [-0.05, 0) is 39.7 Å². The zero-order valence-electron chi connectivity index (χ0n) is 11.0. The van der Waals surface area contributed by atoms with E-state index in [-0.39, 0.29) is 5.91 Å². The Morgan fingerprint density at radius 1 is 1.10 bits per heavy atom. The normalized spacial score (nSPS) is 11.6. The highest BCUT2D eigenvalue weighted by atomic mass is 79.9. The second kappa shape index (κ2) is 7.76. The number of nitrogens with one attached hydrogen (secondary N) is 1. The summed E-state index contributed by atoms with van der Waals surface area (Å²) in [7, 11) is 0. The first kappa shape index (κ1) is 15.5. The number of hydrogen-bond donors (Lipinski definition) is 1. The quantitative estimate of drug-likeness (QED) is 0.633. The minimum absolute atomic E-state index is 0.303. The molecule has 2 aromatic carbocycles. The fourth-order valence-electron chi connectivity index (χ4n) is 1.60. The van der Waals surface area contributed by atoms with Gasteiger partial charge in [0, 0.05) is 4.47 Å². The summed E-state index contributed by atoms with van der Waals surface area (Å²) in [5.41, 5.74) is 3.91. The molecule has 0 spiro atoms. The van der Waals surface area contributed by atoms with Crippen LogP contribution in [0.1, 0.15) is 15.9 Å². The van der Waals surface area contributed by atoms with Crippen molar-refractivity contribution in [3.8, 4) is 0 Å². The van der Waals surface area contributed by atoms with Gasteiger partial charge in [0.2, 0.25) is 0 Å². The van der Waals surface area contributed by atoms with Crippen molar-refractivity contribution in [1.29, 1.82) is 0 Å². The molecule has 0 atom stereocenters. The number of hydrazone groups is 1. The lowest BCUT2D eigenvalue weighted by molar-refractivity contribution is 0.0954. The Morgan fingerprint density at radius 3 is 2.48 bits per heavy atom. The summed E-state index contributed by atoms with van der Waals surface area (Å²) < 4.78 is 0.712. The minimum Gasteiger partial charge on any atom is -0.267 e. The van der Waals surface area contributed by atoms with Crippen LogP contribution >= 0.6 is 27.5 Å². The fraction of sp³-hybridized carbons (Fsp3) is 0. The summed E-state index contributed by atoms with van der Waals surface area (Å²) in [6, 6.07) is 16.7. The lowest BCUT2D eigenvalue weighted by atomic mass is 10.2. The molecule has 0 aliphatic heterocycles. The number of nitrogens with zero attached hydrogens (tertiary/aromatic N) is 1. The molecule has 0 radical (unpaired) electrons. The molecular formula is C16H12BrClN2O. The Morgan fingerprint density at radius 2 is 1.76 bits per heavy atom. The number of benzene rings is 2. The summed E-state index contributed by atoms with van der Waals surface area (Å²) in [5, 5.41) is 4.26. The van der Waals surface area contributed by atoms with Gasteiger partial charge in [0.05, 0.1) is 16.8 Å². The van der Waals surface area contributed by atoms with E-state index in [0.717, 1.165) is 5.56 Å². The van der Waals surface area contributed by atoms with Crippen LogP contribution in [0.25, 0.3) is 6.08 Å². The summed E-state index contributed by atoms with van der Waals surface area (Å²) >= 11 is 9.34. The molecule has 21 heavy (non-hydrogen) atoms. The number of allylic oxidation sites excluding steroid dienone is 1. The first-order valence-electron chi connectivity index (χ1n) is 6.17. The number of hydrogen-bond acceptors (Lipinski definition) is 2. The molecular weight excluding hydrogens is 352 g/mol. The van der Waals surface area contributed by atoms with Crippen molar-refractivity contribution in [2.24, 2.45) is 5.10 Å². The molecule has 0 aliphatic rings. The standard InChI is InChI=1S/C16H12BrClN2O/c17-15-9-5-4-8-14(15)16(21)20-19-11-13(18)10-12-6-2-1-3-7-12/h1-11H,(H,20,21). The highest BCUT2D eigenvalue weighted by Crippen LogP contribution is 2.15. The Labute approximate surface area is 136 Å². The Hall–Kier alpha value is -1.91. The van der Waals surface area contributed by atoms with Crippen molar-refractivity contribution >= 4 is 45.7 Å². The second-order valence-corrected chi connectivity index (χ2v) is 5.41. The van der Waals surface area contributed by atoms with Crippen LogP contribution in [-0.2, 0) is 0 Å². The first-order valence-corrected chi connectivity index (χ1v) is 7.34. The van der Waals surface area contributed by atoms with Gasteiger partial charge in [-0.25, -0.2) is 5.43 Å². The molecule has 0 bridgehead atoms. The van der Waals surface area contributed by atoms with Crippen LogP contribution in [0, 0.1) is 0 Å². The summed E-state index contributed by atoms with van der Waals surface area (Å²) in [6.45, 7) is 0. The van der Waals surface area contributed by atoms with E-state index in [0.29, 0.717) is 15.1 Å². The van der Waals surface area contributed by atoms with Gasteiger partial charge in [-0.3, -0.25) is 4.79 Å². The van der Waals surface area contributed by atoms with Crippen LogP contribution in [0.4, 0.5) is 0 Å². The molecule has 106 valence electrons. The molecule has 2 aromatic rings. The third-order valence-electron chi connectivity index (χ3n) is 2.58. The molecule has 0 unspecified atom stereocenters. The van der Waals surface area contributed by atoms with E-state index in [1.807, 2.05) is 36.4 Å². The average Bonchev–Trinajstić information content (AvgIpc) is 2.48. The van der Waals surface area contributed by atoms with E-state index >= 15 is 0 Å². The van der Waals surface area contributed by atoms with E-state index in [1.165, 1.54) is 6.21 Å². The fourth-order valence-corrected chi connectivity index (χ4v) is 2.24. The van der Waals surface area contributed by atoms with Crippen LogP contribution < -0.4 is 5.43 Å². The van der Waals surface area contributed by atoms with E-state index in [9.17, 15) is 4.79 Å². The predicted octanol–water partition coefficient (Wildman–Crippen LogP) is 4.44. The zero-order valence-corrected chi connectivity index (χ0v) is 13.3. The number of halogens is 2. The molecule has 0 aliphatic carbocycles. The molecule has 5 heteroatoms. The Balaban J connectivity index is 1.98. The van der Waals surface area contributed by atoms with Gasteiger partial charge in [0.1, 0.15) is 0 Å². The topological polar surface area (TPSA) is 41.5 Å². The summed E-state index contributed by atoms with van der Waals surface area (Å²) in [4.78, 5) is 11.9. The van der Waals surface area contributed by atoms with Crippen molar-refractivity contribution in [3.63, 3.8) is 0 Å². The third-order valence-corrected chi connectivity index (χ3v) is 3.47. The van der Waals surface area contributed by atoms with Gasteiger partial charge in [0.25, 0.3) is 5.91 Å². The molecule has 0 saturated carbocycles. The van der Waals surface area contributed by atoms with Gasteiger partial charge in [-0.2, -0.15) is 5.10 Å². The van der Waals surface area contributed by atoms with Crippen LogP contribution in [0.5, 0.6) is 0 Å². The van der Waals surface area contributed by atoms with Crippen molar-refractivity contribution < 1.29 is 4.79 Å². The van der Waals surface area contributed by atoms with E-state index in [2.05, 4.69) is 26.5 Å². The van der Waals surface area contributed by atoms with Crippen LogP contribution in [-0.4, -0.2) is 12.1 Å². The predicted molar refractivity (Wildman–Crippen MR) is 90.4 cm³/mol. The van der Waals surface area contributed by atoms with Crippen molar-refractivity contribution in [2.45, 2.75) is 0 Å². The summed E-state index contributed by atoms with van der Waals surface area (Å²) in [5.74, 6) is -0.303. The van der Waals surface area contributed by atoms with Crippen molar-refractivity contribution in [1.82, 2.24) is 5.43 Å². The van der Waals surface area contributed by atoms with Crippen molar-refractivity contribution in [2.75, 3.05) is 0 Å². The molecule has 2 rings (SSSR count). The van der Waals surface area contributed by atoms with E-state index < -0.39 is 0 Å². The lowest BCUT2D eigenvalue weighted by Crippen LogP contribution is -2.17. The highest BCUT2D eigenvalue weighted by Gasteiger charge is 2.07. The van der Waals surface area contributed by atoms with Gasteiger partial charge < -0.3 is 0 Å².